The molecule has 104 valence electrons. The van der Waals surface area contributed by atoms with E-state index in [1.165, 1.54) is 0 Å². The van der Waals surface area contributed by atoms with Crippen LogP contribution in [-0.4, -0.2) is 46.3 Å². The van der Waals surface area contributed by atoms with Gasteiger partial charge in [0.05, 0.1) is 11.3 Å². The molecule has 1 atom stereocenters. The summed E-state index contributed by atoms with van der Waals surface area (Å²) in [5.74, 6) is 0.0736. The Morgan fingerprint density at radius 3 is 2.95 bits per heavy atom. The van der Waals surface area contributed by atoms with Crippen LogP contribution in [0.3, 0.4) is 0 Å². The van der Waals surface area contributed by atoms with Crippen LogP contribution in [0.5, 0.6) is 0 Å². The number of benzene rings is 1. The molecular formula is C15H18N4O. The molecule has 0 aliphatic carbocycles. The van der Waals surface area contributed by atoms with E-state index < -0.39 is 0 Å². The van der Waals surface area contributed by atoms with Crippen molar-refractivity contribution >= 4 is 5.91 Å². The molecule has 0 radical (unpaired) electrons. The van der Waals surface area contributed by atoms with Crippen LogP contribution in [-0.2, 0) is 0 Å². The highest BCUT2D eigenvalue weighted by Crippen LogP contribution is 2.16. The molecule has 1 aliphatic rings. The van der Waals surface area contributed by atoms with Gasteiger partial charge in [0.1, 0.15) is 0 Å². The molecule has 0 spiro atoms. The number of amides is 1. The highest BCUT2D eigenvalue weighted by Gasteiger charge is 2.23. The van der Waals surface area contributed by atoms with E-state index in [4.69, 9.17) is 0 Å². The van der Waals surface area contributed by atoms with Gasteiger partial charge < -0.3 is 10.2 Å². The number of nitrogens with zero attached hydrogens (tertiary/aromatic N) is 3. The number of piperazine rings is 1. The smallest absolute Gasteiger partial charge is 0.256 e. The molecule has 5 nitrogen and oxygen atoms in total. The number of nitrogens with one attached hydrogen (secondary N) is 1. The number of aromatic nitrogens is 2. The minimum atomic E-state index is 0.0736. The quantitative estimate of drug-likeness (QED) is 0.895. The summed E-state index contributed by atoms with van der Waals surface area (Å²) in [6.07, 6.45) is 3.57. The van der Waals surface area contributed by atoms with Crippen LogP contribution < -0.4 is 5.32 Å². The van der Waals surface area contributed by atoms with Crippen molar-refractivity contribution in [2.45, 2.75) is 13.0 Å². The van der Waals surface area contributed by atoms with Crippen LogP contribution in [0, 0.1) is 0 Å². The zero-order valence-corrected chi connectivity index (χ0v) is 11.5. The van der Waals surface area contributed by atoms with Gasteiger partial charge in [-0.3, -0.25) is 4.79 Å². The molecule has 1 fully saturated rings. The first-order valence-electron chi connectivity index (χ1n) is 6.87. The minimum absolute atomic E-state index is 0.0736. The molecule has 1 aromatic heterocycles. The number of carbonyl (C=O) groups is 1. The van der Waals surface area contributed by atoms with E-state index in [2.05, 4.69) is 17.3 Å². The molecule has 1 amide bonds. The number of hydrogen-bond acceptors (Lipinski definition) is 3. The first-order valence-corrected chi connectivity index (χ1v) is 6.87. The monoisotopic (exact) mass is 270 g/mol. The van der Waals surface area contributed by atoms with Gasteiger partial charge in [-0.2, -0.15) is 5.10 Å². The molecule has 2 aromatic rings. The maximum Gasteiger partial charge on any atom is 0.256 e. The number of rotatable bonds is 2. The SMILES string of the molecule is C[C@H]1CN(C(=O)c2ccccc2-n2cccn2)CCN1. The summed E-state index contributed by atoms with van der Waals surface area (Å²) in [4.78, 5) is 14.6. The van der Waals surface area contributed by atoms with E-state index in [1.54, 1.807) is 10.9 Å². The maximum atomic E-state index is 12.7. The predicted molar refractivity (Wildman–Crippen MR) is 76.9 cm³/mol. The summed E-state index contributed by atoms with van der Waals surface area (Å²) in [5.41, 5.74) is 1.53. The van der Waals surface area contributed by atoms with E-state index in [1.807, 2.05) is 41.4 Å². The van der Waals surface area contributed by atoms with E-state index in [0.29, 0.717) is 11.6 Å². The Hall–Kier alpha value is -2.14. The summed E-state index contributed by atoms with van der Waals surface area (Å²) in [6, 6.07) is 9.80. The fourth-order valence-corrected chi connectivity index (χ4v) is 2.55. The molecular weight excluding hydrogens is 252 g/mol. The van der Waals surface area contributed by atoms with Crippen LogP contribution in [0.2, 0.25) is 0 Å². The lowest BCUT2D eigenvalue weighted by molar-refractivity contribution is 0.0709. The van der Waals surface area contributed by atoms with Crippen molar-refractivity contribution in [1.29, 1.82) is 0 Å². The van der Waals surface area contributed by atoms with Gasteiger partial charge in [-0.15, -0.1) is 0 Å². The summed E-state index contributed by atoms with van der Waals surface area (Å²) in [5, 5.41) is 7.57. The zero-order chi connectivity index (χ0) is 13.9. The first-order chi connectivity index (χ1) is 9.75. The molecule has 5 heteroatoms. The normalized spacial score (nSPS) is 19.1. The van der Waals surface area contributed by atoms with Gasteiger partial charge in [0.25, 0.3) is 5.91 Å². The first kappa shape index (κ1) is 12.9. The van der Waals surface area contributed by atoms with Crippen molar-refractivity contribution in [1.82, 2.24) is 20.0 Å². The van der Waals surface area contributed by atoms with Crippen molar-refractivity contribution in [3.05, 3.63) is 48.3 Å². The summed E-state index contributed by atoms with van der Waals surface area (Å²) < 4.78 is 1.73. The van der Waals surface area contributed by atoms with Gasteiger partial charge in [0, 0.05) is 38.1 Å². The van der Waals surface area contributed by atoms with E-state index in [-0.39, 0.29) is 5.91 Å². The Kier molecular flexibility index (Phi) is 3.52. The molecule has 0 saturated carbocycles. The summed E-state index contributed by atoms with van der Waals surface area (Å²) >= 11 is 0. The van der Waals surface area contributed by atoms with Crippen LogP contribution in [0.15, 0.2) is 42.7 Å². The van der Waals surface area contributed by atoms with Crippen molar-refractivity contribution in [3.63, 3.8) is 0 Å². The fourth-order valence-electron chi connectivity index (χ4n) is 2.55. The van der Waals surface area contributed by atoms with Crippen molar-refractivity contribution in [3.8, 4) is 5.69 Å². The van der Waals surface area contributed by atoms with Gasteiger partial charge in [-0.1, -0.05) is 12.1 Å². The van der Waals surface area contributed by atoms with Gasteiger partial charge in [0.2, 0.25) is 0 Å². The van der Waals surface area contributed by atoms with E-state index in [0.717, 1.165) is 25.3 Å². The topological polar surface area (TPSA) is 50.2 Å². The van der Waals surface area contributed by atoms with Crippen molar-refractivity contribution in [2.75, 3.05) is 19.6 Å². The molecule has 2 heterocycles. The van der Waals surface area contributed by atoms with Crippen LogP contribution >= 0.6 is 0 Å². The van der Waals surface area contributed by atoms with Crippen LogP contribution in [0.25, 0.3) is 5.69 Å². The van der Waals surface area contributed by atoms with E-state index >= 15 is 0 Å². The Balaban J connectivity index is 1.92. The van der Waals surface area contributed by atoms with Crippen LogP contribution in [0.1, 0.15) is 17.3 Å². The summed E-state index contributed by atoms with van der Waals surface area (Å²) in [7, 11) is 0. The fraction of sp³-hybridized carbons (Fsp3) is 0.333. The van der Waals surface area contributed by atoms with E-state index in [9.17, 15) is 4.79 Å². The molecule has 1 aliphatic heterocycles. The van der Waals surface area contributed by atoms with Gasteiger partial charge >= 0.3 is 0 Å². The third-order valence-electron chi connectivity index (χ3n) is 3.54. The largest absolute Gasteiger partial charge is 0.336 e. The third-order valence-corrected chi connectivity index (χ3v) is 3.54. The molecule has 20 heavy (non-hydrogen) atoms. The summed E-state index contributed by atoms with van der Waals surface area (Å²) in [6.45, 7) is 4.43. The Bertz CT molecular complexity index is 594. The maximum absolute atomic E-state index is 12.7. The Morgan fingerprint density at radius 2 is 2.20 bits per heavy atom. The van der Waals surface area contributed by atoms with Crippen molar-refractivity contribution < 1.29 is 4.79 Å². The number of carbonyl (C=O) groups excluding carboxylic acids is 1. The van der Waals surface area contributed by atoms with Gasteiger partial charge in [0.15, 0.2) is 0 Å². The van der Waals surface area contributed by atoms with Gasteiger partial charge in [-0.25, -0.2) is 4.68 Å². The van der Waals surface area contributed by atoms with Gasteiger partial charge in [-0.05, 0) is 25.1 Å². The van der Waals surface area contributed by atoms with Crippen molar-refractivity contribution in [2.24, 2.45) is 0 Å². The second kappa shape index (κ2) is 5.46. The molecule has 3 rings (SSSR count). The molecule has 0 bridgehead atoms. The average molecular weight is 270 g/mol. The average Bonchev–Trinajstić information content (AvgIpc) is 3.00. The lowest BCUT2D eigenvalue weighted by atomic mass is 10.1. The Morgan fingerprint density at radius 1 is 1.35 bits per heavy atom. The minimum Gasteiger partial charge on any atom is -0.336 e. The third kappa shape index (κ3) is 2.44. The second-order valence-electron chi connectivity index (χ2n) is 5.07. The number of hydrogen-bond donors (Lipinski definition) is 1. The number of para-hydroxylation sites is 1. The lowest BCUT2D eigenvalue weighted by Crippen LogP contribution is -2.51. The molecule has 1 aromatic carbocycles. The molecule has 1 saturated heterocycles. The van der Waals surface area contributed by atoms with Crippen LogP contribution in [0.4, 0.5) is 0 Å². The predicted octanol–water partition coefficient (Wildman–Crippen LogP) is 1.31. The molecule has 0 unspecified atom stereocenters. The lowest BCUT2D eigenvalue weighted by Gasteiger charge is -2.32. The highest BCUT2D eigenvalue weighted by atomic mass is 16.2. The highest BCUT2D eigenvalue weighted by molar-refractivity contribution is 5.97. The second-order valence-corrected chi connectivity index (χ2v) is 5.07. The molecule has 1 N–H and O–H groups in total. The Labute approximate surface area is 118 Å². The zero-order valence-electron chi connectivity index (χ0n) is 11.5. The standard InChI is InChI=1S/C15H18N4O/c1-12-11-18(10-8-16-12)15(20)13-5-2-3-6-14(13)19-9-4-7-17-19/h2-7,9,12,16H,8,10-11H2,1H3/t12-/m0/s1.